The van der Waals surface area contributed by atoms with Gasteiger partial charge in [-0.25, -0.2) is 8.42 Å². The van der Waals surface area contributed by atoms with Crippen molar-refractivity contribution in [2.75, 3.05) is 13.6 Å². The molecule has 2 atom stereocenters. The summed E-state index contributed by atoms with van der Waals surface area (Å²) < 4.78 is 24.0. The number of carbonyl (C=O) groups excluding carboxylic acids is 1. The zero-order chi connectivity index (χ0) is 11.6. The molecule has 3 fully saturated rings. The molecule has 3 aliphatic heterocycles. The molecule has 3 heterocycles. The lowest BCUT2D eigenvalue weighted by atomic mass is 9.86. The number of carbonyl (C=O) groups is 1. The standard InChI is InChI=1S/C11H17NO3S/c1-12-5-4-10(13)11(12)6-8-2-3-9(7-11)16(8,14)15/h8-9H,2-7H2,1H3. The lowest BCUT2D eigenvalue weighted by Crippen LogP contribution is -2.55. The third-order valence-electron chi connectivity index (χ3n) is 4.79. The molecule has 0 aromatic heterocycles. The smallest absolute Gasteiger partial charge is 0.156 e. The van der Waals surface area contributed by atoms with Crippen LogP contribution in [-0.2, 0) is 14.6 Å². The van der Waals surface area contributed by atoms with Crippen LogP contribution in [0.3, 0.4) is 0 Å². The zero-order valence-electron chi connectivity index (χ0n) is 9.48. The number of fused-ring (bicyclic) bond motifs is 2. The number of hydrogen-bond acceptors (Lipinski definition) is 4. The predicted octanol–water partition coefficient (Wildman–Crippen LogP) is 0.369. The van der Waals surface area contributed by atoms with Crippen LogP contribution in [0.5, 0.6) is 0 Å². The summed E-state index contributed by atoms with van der Waals surface area (Å²) in [5.41, 5.74) is -0.433. The van der Waals surface area contributed by atoms with Gasteiger partial charge in [-0.2, -0.15) is 0 Å². The molecule has 0 radical (unpaired) electrons. The molecule has 5 heteroatoms. The molecule has 0 saturated carbocycles. The number of likely N-dealkylation sites (N-methyl/N-ethyl adjacent to an activating group) is 1. The van der Waals surface area contributed by atoms with Crippen molar-refractivity contribution in [1.29, 1.82) is 0 Å². The molecule has 90 valence electrons. The summed E-state index contributed by atoms with van der Waals surface area (Å²) in [5.74, 6) is 0.266. The van der Waals surface area contributed by atoms with Crippen LogP contribution in [0.4, 0.5) is 0 Å². The first-order valence-electron chi connectivity index (χ1n) is 5.94. The van der Waals surface area contributed by atoms with E-state index < -0.39 is 15.4 Å². The summed E-state index contributed by atoms with van der Waals surface area (Å²) in [6.07, 6.45) is 3.20. The first-order valence-corrected chi connectivity index (χ1v) is 7.55. The number of nitrogens with zero attached hydrogens (tertiary/aromatic N) is 1. The van der Waals surface area contributed by atoms with E-state index in [2.05, 4.69) is 4.90 Å². The fraction of sp³-hybridized carbons (Fsp3) is 0.909. The van der Waals surface area contributed by atoms with E-state index in [0.29, 0.717) is 19.3 Å². The van der Waals surface area contributed by atoms with Gasteiger partial charge in [-0.1, -0.05) is 0 Å². The van der Waals surface area contributed by atoms with Crippen LogP contribution in [0, 0.1) is 0 Å². The van der Waals surface area contributed by atoms with E-state index in [-0.39, 0.29) is 16.3 Å². The molecule has 3 saturated heterocycles. The van der Waals surface area contributed by atoms with Gasteiger partial charge in [0.15, 0.2) is 15.6 Å². The lowest BCUT2D eigenvalue weighted by molar-refractivity contribution is -0.125. The lowest BCUT2D eigenvalue weighted by Gasteiger charge is -2.40. The Morgan fingerprint density at radius 1 is 1.25 bits per heavy atom. The van der Waals surface area contributed by atoms with Crippen molar-refractivity contribution in [3.8, 4) is 0 Å². The van der Waals surface area contributed by atoms with Crippen molar-refractivity contribution in [3.05, 3.63) is 0 Å². The third kappa shape index (κ3) is 1.13. The Hall–Kier alpha value is -0.420. The maximum atomic E-state index is 12.1. The molecule has 0 N–H and O–H groups in total. The van der Waals surface area contributed by atoms with Crippen molar-refractivity contribution < 1.29 is 13.2 Å². The van der Waals surface area contributed by atoms with Gasteiger partial charge in [0.25, 0.3) is 0 Å². The number of hydrogen-bond donors (Lipinski definition) is 0. The minimum atomic E-state index is -2.92. The molecule has 4 nitrogen and oxygen atoms in total. The number of ketones is 1. The van der Waals surface area contributed by atoms with Crippen molar-refractivity contribution in [1.82, 2.24) is 4.90 Å². The average molecular weight is 243 g/mol. The van der Waals surface area contributed by atoms with E-state index >= 15 is 0 Å². The van der Waals surface area contributed by atoms with Crippen LogP contribution in [0.2, 0.25) is 0 Å². The summed E-state index contributed by atoms with van der Waals surface area (Å²) in [6.45, 7) is 0.790. The van der Waals surface area contributed by atoms with Gasteiger partial charge in [-0.15, -0.1) is 0 Å². The van der Waals surface area contributed by atoms with Crippen molar-refractivity contribution in [3.63, 3.8) is 0 Å². The first kappa shape index (κ1) is 10.7. The van der Waals surface area contributed by atoms with Crippen LogP contribution in [-0.4, -0.2) is 48.7 Å². The Kier molecular flexibility index (Phi) is 2.06. The summed E-state index contributed by atoms with van der Waals surface area (Å²) in [6, 6.07) is 0. The quantitative estimate of drug-likeness (QED) is 0.617. The van der Waals surface area contributed by atoms with Gasteiger partial charge in [0.1, 0.15) is 0 Å². The van der Waals surface area contributed by atoms with Crippen LogP contribution < -0.4 is 0 Å². The molecule has 3 rings (SSSR count). The van der Waals surface area contributed by atoms with Gasteiger partial charge in [-0.05, 0) is 32.7 Å². The predicted molar refractivity (Wildman–Crippen MR) is 59.9 cm³/mol. The highest BCUT2D eigenvalue weighted by molar-refractivity contribution is 7.93. The largest absolute Gasteiger partial charge is 0.298 e. The zero-order valence-corrected chi connectivity index (χ0v) is 10.3. The molecular formula is C11H17NO3S. The molecule has 3 aliphatic rings. The van der Waals surface area contributed by atoms with Crippen molar-refractivity contribution in [2.24, 2.45) is 0 Å². The second-order valence-corrected chi connectivity index (χ2v) is 7.96. The van der Waals surface area contributed by atoms with E-state index in [4.69, 9.17) is 0 Å². The van der Waals surface area contributed by atoms with E-state index in [1.165, 1.54) is 0 Å². The Bertz CT molecular complexity index is 422. The highest BCUT2D eigenvalue weighted by atomic mass is 32.2. The molecule has 0 aromatic rings. The van der Waals surface area contributed by atoms with E-state index in [1.54, 1.807) is 0 Å². The Morgan fingerprint density at radius 3 is 2.25 bits per heavy atom. The average Bonchev–Trinajstić information content (AvgIpc) is 2.59. The van der Waals surface area contributed by atoms with Gasteiger partial charge in [0.2, 0.25) is 0 Å². The van der Waals surface area contributed by atoms with Gasteiger partial charge in [0.05, 0.1) is 16.0 Å². The maximum absolute atomic E-state index is 12.1. The van der Waals surface area contributed by atoms with Gasteiger partial charge < -0.3 is 0 Å². The van der Waals surface area contributed by atoms with Crippen LogP contribution in [0.1, 0.15) is 32.1 Å². The minimum absolute atomic E-state index is 0.254. The molecule has 2 unspecified atom stereocenters. The highest BCUT2D eigenvalue weighted by Gasteiger charge is 2.59. The fourth-order valence-electron chi connectivity index (χ4n) is 3.71. The maximum Gasteiger partial charge on any atom is 0.156 e. The third-order valence-corrected chi connectivity index (χ3v) is 7.46. The number of sulfone groups is 1. The highest BCUT2D eigenvalue weighted by Crippen LogP contribution is 2.47. The molecule has 0 aromatic carbocycles. The number of Topliss-reactive ketones (excluding diaryl/α,β-unsaturated/α-hetero) is 1. The minimum Gasteiger partial charge on any atom is -0.298 e. The Labute approximate surface area is 95.9 Å². The van der Waals surface area contributed by atoms with Gasteiger partial charge in [-0.3, -0.25) is 9.69 Å². The Morgan fingerprint density at radius 2 is 1.81 bits per heavy atom. The topological polar surface area (TPSA) is 54.5 Å². The molecule has 2 bridgehead atoms. The van der Waals surface area contributed by atoms with E-state index in [1.807, 2.05) is 7.05 Å². The Balaban J connectivity index is 2.01. The van der Waals surface area contributed by atoms with E-state index in [0.717, 1.165) is 19.4 Å². The molecule has 1 spiro atoms. The summed E-state index contributed by atoms with van der Waals surface area (Å²) in [7, 11) is -0.958. The molecular weight excluding hydrogens is 226 g/mol. The van der Waals surface area contributed by atoms with Gasteiger partial charge >= 0.3 is 0 Å². The monoisotopic (exact) mass is 243 g/mol. The normalized spacial score (nSPS) is 46.7. The summed E-state index contributed by atoms with van der Waals surface area (Å²) in [5, 5.41) is -0.508. The van der Waals surface area contributed by atoms with Crippen LogP contribution >= 0.6 is 0 Å². The van der Waals surface area contributed by atoms with Gasteiger partial charge in [0, 0.05) is 13.0 Å². The second kappa shape index (κ2) is 3.07. The summed E-state index contributed by atoms with van der Waals surface area (Å²) in [4.78, 5) is 14.1. The first-order chi connectivity index (χ1) is 7.47. The number of rotatable bonds is 0. The van der Waals surface area contributed by atoms with E-state index in [9.17, 15) is 13.2 Å². The molecule has 0 amide bonds. The molecule has 0 aliphatic carbocycles. The second-order valence-electron chi connectivity index (χ2n) is 5.44. The summed E-state index contributed by atoms with van der Waals surface area (Å²) >= 11 is 0. The molecule has 16 heavy (non-hydrogen) atoms. The van der Waals surface area contributed by atoms with Crippen LogP contribution in [0.15, 0.2) is 0 Å². The van der Waals surface area contributed by atoms with Crippen molar-refractivity contribution >= 4 is 15.6 Å². The fourth-order valence-corrected chi connectivity index (χ4v) is 6.20. The SMILES string of the molecule is CN1CCC(=O)C12CC1CCC(C2)S1(=O)=O. The van der Waals surface area contributed by atoms with Crippen LogP contribution in [0.25, 0.3) is 0 Å². The number of likely N-dealkylation sites (tertiary alicyclic amines) is 1. The van der Waals surface area contributed by atoms with Crippen molar-refractivity contribution in [2.45, 2.75) is 48.1 Å².